The Labute approximate surface area is 118 Å². The van der Waals surface area contributed by atoms with Crippen LogP contribution in [-0.2, 0) is 13.5 Å². The summed E-state index contributed by atoms with van der Waals surface area (Å²) in [5, 5.41) is 3.57. The third kappa shape index (κ3) is 2.85. The summed E-state index contributed by atoms with van der Waals surface area (Å²) in [5.74, 6) is 3.01. The van der Waals surface area contributed by atoms with E-state index in [0.717, 1.165) is 25.3 Å². The summed E-state index contributed by atoms with van der Waals surface area (Å²) >= 11 is 1.98. The van der Waals surface area contributed by atoms with E-state index < -0.39 is 0 Å². The SMILES string of the molecule is Cn1ccnc1CCNCC1CSc2ccccc21. The third-order valence-electron chi connectivity index (χ3n) is 3.64. The Hall–Kier alpha value is -1.26. The Morgan fingerprint density at radius 3 is 3.16 bits per heavy atom. The Morgan fingerprint density at radius 1 is 1.42 bits per heavy atom. The highest BCUT2D eigenvalue weighted by Crippen LogP contribution is 2.38. The Balaban J connectivity index is 1.48. The zero-order valence-corrected chi connectivity index (χ0v) is 12.0. The van der Waals surface area contributed by atoms with Crippen LogP contribution in [0.3, 0.4) is 0 Å². The van der Waals surface area contributed by atoms with Crippen molar-refractivity contribution in [2.45, 2.75) is 17.2 Å². The number of hydrogen-bond donors (Lipinski definition) is 1. The predicted molar refractivity (Wildman–Crippen MR) is 79.7 cm³/mol. The lowest BCUT2D eigenvalue weighted by molar-refractivity contribution is 0.606. The van der Waals surface area contributed by atoms with E-state index >= 15 is 0 Å². The molecule has 1 atom stereocenters. The fourth-order valence-electron chi connectivity index (χ4n) is 2.51. The van der Waals surface area contributed by atoms with Crippen LogP contribution < -0.4 is 5.32 Å². The highest BCUT2D eigenvalue weighted by atomic mass is 32.2. The summed E-state index contributed by atoms with van der Waals surface area (Å²) in [6.07, 6.45) is 4.85. The quantitative estimate of drug-likeness (QED) is 0.849. The van der Waals surface area contributed by atoms with Crippen molar-refractivity contribution in [1.29, 1.82) is 0 Å². The van der Waals surface area contributed by atoms with Crippen LogP contribution in [0.1, 0.15) is 17.3 Å². The van der Waals surface area contributed by atoms with Crippen LogP contribution in [0.15, 0.2) is 41.6 Å². The Kier molecular flexibility index (Phi) is 3.89. The van der Waals surface area contributed by atoms with Gasteiger partial charge in [0.1, 0.15) is 5.82 Å². The molecular formula is C15H19N3S. The fourth-order valence-corrected chi connectivity index (χ4v) is 3.77. The molecule has 1 aromatic heterocycles. The van der Waals surface area contributed by atoms with E-state index in [1.165, 1.54) is 16.2 Å². The van der Waals surface area contributed by atoms with Gasteiger partial charge in [0.2, 0.25) is 0 Å². The van der Waals surface area contributed by atoms with E-state index in [-0.39, 0.29) is 0 Å². The van der Waals surface area contributed by atoms with Crippen LogP contribution in [0.5, 0.6) is 0 Å². The summed E-state index contributed by atoms with van der Waals surface area (Å²) in [7, 11) is 2.05. The molecule has 3 nitrogen and oxygen atoms in total. The number of benzene rings is 1. The standard InChI is InChI=1S/C15H19N3S/c1-18-9-8-17-15(18)6-7-16-10-12-11-19-14-5-3-2-4-13(12)14/h2-5,8-9,12,16H,6-7,10-11H2,1H3. The highest BCUT2D eigenvalue weighted by Gasteiger charge is 2.21. The van der Waals surface area contributed by atoms with Crippen LogP contribution in [-0.4, -0.2) is 28.4 Å². The predicted octanol–water partition coefficient (Wildman–Crippen LogP) is 2.44. The molecule has 0 saturated heterocycles. The number of rotatable bonds is 5. The third-order valence-corrected chi connectivity index (χ3v) is 4.89. The summed E-state index contributed by atoms with van der Waals surface area (Å²) in [5.41, 5.74) is 1.51. The molecule has 4 heteroatoms. The molecule has 1 aliphatic rings. The molecule has 0 fully saturated rings. The summed E-state index contributed by atoms with van der Waals surface area (Å²) < 4.78 is 2.09. The van der Waals surface area contributed by atoms with Gasteiger partial charge >= 0.3 is 0 Å². The van der Waals surface area contributed by atoms with E-state index in [9.17, 15) is 0 Å². The van der Waals surface area contributed by atoms with Crippen molar-refractivity contribution in [1.82, 2.24) is 14.9 Å². The number of aromatic nitrogens is 2. The van der Waals surface area contributed by atoms with Crippen LogP contribution in [0.4, 0.5) is 0 Å². The lowest BCUT2D eigenvalue weighted by atomic mass is 10.0. The number of fused-ring (bicyclic) bond motifs is 1. The molecule has 1 aliphatic heterocycles. The van der Waals surface area contributed by atoms with Gasteiger partial charge in [0, 0.05) is 55.5 Å². The van der Waals surface area contributed by atoms with E-state index in [1.807, 2.05) is 31.2 Å². The zero-order valence-electron chi connectivity index (χ0n) is 11.2. The van der Waals surface area contributed by atoms with Crippen LogP contribution >= 0.6 is 11.8 Å². The van der Waals surface area contributed by atoms with Crippen LogP contribution in [0, 0.1) is 0 Å². The maximum Gasteiger partial charge on any atom is 0.109 e. The average molecular weight is 273 g/mol. The van der Waals surface area contributed by atoms with Gasteiger partial charge < -0.3 is 9.88 Å². The van der Waals surface area contributed by atoms with E-state index in [0.29, 0.717) is 5.92 Å². The molecule has 1 aromatic carbocycles. The van der Waals surface area contributed by atoms with E-state index in [1.54, 1.807) is 0 Å². The minimum Gasteiger partial charge on any atom is -0.338 e. The molecule has 0 spiro atoms. The molecule has 0 aliphatic carbocycles. The van der Waals surface area contributed by atoms with Crippen molar-refractivity contribution in [3.05, 3.63) is 48.0 Å². The smallest absolute Gasteiger partial charge is 0.109 e. The molecule has 3 rings (SSSR count). The average Bonchev–Trinajstić information content (AvgIpc) is 3.02. The van der Waals surface area contributed by atoms with Gasteiger partial charge in [0.15, 0.2) is 0 Å². The second-order valence-corrected chi connectivity index (χ2v) is 6.02. The first kappa shape index (κ1) is 12.8. The molecule has 0 amide bonds. The number of aryl methyl sites for hydroxylation is 1. The number of imidazole rings is 1. The molecule has 0 radical (unpaired) electrons. The van der Waals surface area contributed by atoms with Crippen molar-refractivity contribution < 1.29 is 0 Å². The van der Waals surface area contributed by atoms with Gasteiger partial charge in [-0.2, -0.15) is 0 Å². The molecule has 1 N–H and O–H groups in total. The van der Waals surface area contributed by atoms with Crippen molar-refractivity contribution in [2.24, 2.45) is 7.05 Å². The first-order chi connectivity index (χ1) is 9.34. The fraction of sp³-hybridized carbons (Fsp3) is 0.400. The number of nitrogens with zero attached hydrogens (tertiary/aromatic N) is 2. The molecule has 2 heterocycles. The van der Waals surface area contributed by atoms with Crippen molar-refractivity contribution in [3.63, 3.8) is 0 Å². The second kappa shape index (κ2) is 5.80. The lowest BCUT2D eigenvalue weighted by Crippen LogP contribution is -2.24. The maximum absolute atomic E-state index is 4.34. The highest BCUT2D eigenvalue weighted by molar-refractivity contribution is 7.99. The number of nitrogens with one attached hydrogen (secondary N) is 1. The minimum absolute atomic E-state index is 0.655. The first-order valence-corrected chi connectivity index (χ1v) is 7.72. The zero-order chi connectivity index (χ0) is 13.1. The van der Waals surface area contributed by atoms with Crippen LogP contribution in [0.25, 0.3) is 0 Å². The van der Waals surface area contributed by atoms with Gasteiger partial charge in [-0.25, -0.2) is 4.98 Å². The second-order valence-electron chi connectivity index (χ2n) is 4.95. The van der Waals surface area contributed by atoms with E-state index in [4.69, 9.17) is 0 Å². The maximum atomic E-state index is 4.34. The minimum atomic E-state index is 0.655. The lowest BCUT2D eigenvalue weighted by Gasteiger charge is -2.11. The summed E-state index contributed by atoms with van der Waals surface area (Å²) in [6, 6.07) is 8.77. The largest absolute Gasteiger partial charge is 0.338 e. The molecule has 2 aromatic rings. The first-order valence-electron chi connectivity index (χ1n) is 6.73. The molecule has 19 heavy (non-hydrogen) atoms. The monoisotopic (exact) mass is 273 g/mol. The topological polar surface area (TPSA) is 29.9 Å². The summed E-state index contributed by atoms with van der Waals surface area (Å²) in [6.45, 7) is 2.06. The van der Waals surface area contributed by atoms with Crippen molar-refractivity contribution >= 4 is 11.8 Å². The normalized spacial score (nSPS) is 17.6. The molecule has 0 saturated carbocycles. The van der Waals surface area contributed by atoms with Gasteiger partial charge in [0.25, 0.3) is 0 Å². The molecule has 1 unspecified atom stereocenters. The Morgan fingerprint density at radius 2 is 2.32 bits per heavy atom. The van der Waals surface area contributed by atoms with Gasteiger partial charge in [-0.15, -0.1) is 11.8 Å². The molecule has 100 valence electrons. The van der Waals surface area contributed by atoms with Gasteiger partial charge in [0.05, 0.1) is 0 Å². The van der Waals surface area contributed by atoms with Crippen molar-refractivity contribution in [2.75, 3.05) is 18.8 Å². The van der Waals surface area contributed by atoms with Crippen molar-refractivity contribution in [3.8, 4) is 0 Å². The van der Waals surface area contributed by atoms with Gasteiger partial charge in [-0.3, -0.25) is 0 Å². The molecule has 0 bridgehead atoms. The summed E-state index contributed by atoms with van der Waals surface area (Å²) in [4.78, 5) is 5.80. The van der Waals surface area contributed by atoms with Gasteiger partial charge in [-0.05, 0) is 11.6 Å². The van der Waals surface area contributed by atoms with Gasteiger partial charge in [-0.1, -0.05) is 18.2 Å². The van der Waals surface area contributed by atoms with E-state index in [2.05, 4.69) is 39.1 Å². The number of hydrogen-bond acceptors (Lipinski definition) is 3. The number of thioether (sulfide) groups is 1. The molecular weight excluding hydrogens is 254 g/mol. The van der Waals surface area contributed by atoms with Crippen LogP contribution in [0.2, 0.25) is 0 Å². The Bertz CT molecular complexity index is 550.